The van der Waals surface area contributed by atoms with Crippen molar-refractivity contribution in [3.05, 3.63) is 48.4 Å². The fraction of sp³-hybridized carbons (Fsp3) is 0.182. The summed E-state index contributed by atoms with van der Waals surface area (Å²) in [6.45, 7) is 3.62. The predicted molar refractivity (Wildman–Crippen MR) is 49.6 cm³/mol. The van der Waals surface area contributed by atoms with Crippen LogP contribution in [0.1, 0.15) is 17.0 Å². The fourth-order valence-corrected chi connectivity index (χ4v) is 1.61. The maximum atomic E-state index is 9.34. The van der Waals surface area contributed by atoms with Gasteiger partial charge in [0.25, 0.3) is 0 Å². The van der Waals surface area contributed by atoms with Gasteiger partial charge in [0.1, 0.15) is 0 Å². The zero-order valence-electron chi connectivity index (χ0n) is 6.77. The van der Waals surface area contributed by atoms with Crippen LogP contribution in [0.4, 0.5) is 0 Å². The van der Waals surface area contributed by atoms with Crippen LogP contribution in [-0.4, -0.2) is 11.2 Å². The van der Waals surface area contributed by atoms with Crippen LogP contribution in [0.2, 0.25) is 0 Å². The standard InChI is InChI=1S/C11H11O/c1-8(12)10-7-6-9-4-2-3-5-11(9)10/h2-8,10,12H,1H2. The predicted octanol–water partition coefficient (Wildman–Crippen LogP) is 1.99. The Morgan fingerprint density at radius 3 is 2.83 bits per heavy atom. The lowest BCUT2D eigenvalue weighted by Gasteiger charge is -2.13. The molecule has 0 fully saturated rings. The largest absolute Gasteiger partial charge is 0.392 e. The summed E-state index contributed by atoms with van der Waals surface area (Å²) < 4.78 is 0. The molecular formula is C11H11O. The zero-order valence-corrected chi connectivity index (χ0v) is 6.77. The first-order chi connectivity index (χ1) is 5.79. The third-order valence-electron chi connectivity index (χ3n) is 2.25. The van der Waals surface area contributed by atoms with Crippen LogP contribution in [0.15, 0.2) is 30.3 Å². The molecule has 0 heterocycles. The van der Waals surface area contributed by atoms with Crippen LogP contribution in [0.25, 0.3) is 6.08 Å². The highest BCUT2D eigenvalue weighted by Gasteiger charge is 2.20. The Labute approximate surface area is 72.4 Å². The topological polar surface area (TPSA) is 20.2 Å². The van der Waals surface area contributed by atoms with E-state index >= 15 is 0 Å². The highest BCUT2D eigenvalue weighted by Crippen LogP contribution is 2.31. The van der Waals surface area contributed by atoms with Gasteiger partial charge in [0.2, 0.25) is 0 Å². The maximum Gasteiger partial charge on any atom is 0.0644 e. The molecule has 0 amide bonds. The van der Waals surface area contributed by atoms with E-state index in [0.29, 0.717) is 0 Å². The minimum absolute atomic E-state index is 0.0844. The van der Waals surface area contributed by atoms with E-state index in [9.17, 15) is 5.11 Å². The van der Waals surface area contributed by atoms with Gasteiger partial charge in [-0.1, -0.05) is 36.4 Å². The average molecular weight is 159 g/mol. The van der Waals surface area contributed by atoms with Crippen LogP contribution in [-0.2, 0) is 0 Å². The van der Waals surface area contributed by atoms with Gasteiger partial charge in [-0.15, -0.1) is 0 Å². The van der Waals surface area contributed by atoms with Crippen molar-refractivity contribution in [2.24, 2.45) is 0 Å². The van der Waals surface area contributed by atoms with E-state index in [1.54, 1.807) is 0 Å². The summed E-state index contributed by atoms with van der Waals surface area (Å²) in [7, 11) is 0. The Morgan fingerprint density at radius 1 is 1.33 bits per heavy atom. The fourth-order valence-electron chi connectivity index (χ4n) is 1.61. The molecule has 2 atom stereocenters. The smallest absolute Gasteiger partial charge is 0.0644 e. The lowest BCUT2D eigenvalue weighted by molar-refractivity contribution is 0.206. The molecule has 0 saturated heterocycles. The number of fused-ring (bicyclic) bond motifs is 1. The van der Waals surface area contributed by atoms with E-state index in [-0.39, 0.29) is 5.92 Å². The molecule has 1 N–H and O–H groups in total. The molecule has 0 spiro atoms. The molecule has 2 unspecified atom stereocenters. The van der Waals surface area contributed by atoms with E-state index < -0.39 is 6.10 Å². The average Bonchev–Trinajstić information content (AvgIpc) is 2.47. The second kappa shape index (κ2) is 2.76. The van der Waals surface area contributed by atoms with Crippen molar-refractivity contribution >= 4 is 6.08 Å². The third-order valence-corrected chi connectivity index (χ3v) is 2.25. The van der Waals surface area contributed by atoms with Crippen molar-refractivity contribution in [3.8, 4) is 0 Å². The highest BCUT2D eigenvalue weighted by molar-refractivity contribution is 5.62. The van der Waals surface area contributed by atoms with Gasteiger partial charge in [0.05, 0.1) is 6.10 Å². The molecule has 0 saturated carbocycles. The Bertz CT molecular complexity index is 313. The molecule has 1 aromatic rings. The van der Waals surface area contributed by atoms with Gasteiger partial charge in [0.15, 0.2) is 0 Å². The maximum absolute atomic E-state index is 9.34. The molecule has 0 aromatic heterocycles. The van der Waals surface area contributed by atoms with E-state index in [2.05, 4.69) is 6.92 Å². The van der Waals surface area contributed by atoms with Crippen LogP contribution < -0.4 is 0 Å². The quantitative estimate of drug-likeness (QED) is 0.664. The summed E-state index contributed by atoms with van der Waals surface area (Å²) in [6.07, 6.45) is 3.50. The van der Waals surface area contributed by atoms with Gasteiger partial charge in [-0.05, 0) is 18.1 Å². The summed E-state index contributed by atoms with van der Waals surface area (Å²) in [5, 5.41) is 9.34. The van der Waals surface area contributed by atoms with Crippen molar-refractivity contribution in [2.75, 3.05) is 0 Å². The first kappa shape index (κ1) is 7.56. The van der Waals surface area contributed by atoms with Crippen LogP contribution in [0.3, 0.4) is 0 Å². The number of benzene rings is 1. The number of aliphatic hydroxyl groups excluding tert-OH is 1. The van der Waals surface area contributed by atoms with Crippen LogP contribution >= 0.6 is 0 Å². The molecule has 0 bridgehead atoms. The molecule has 61 valence electrons. The molecule has 0 aliphatic heterocycles. The van der Waals surface area contributed by atoms with E-state index in [1.807, 2.05) is 36.4 Å². The molecule has 1 aliphatic rings. The Hall–Kier alpha value is -1.08. The molecule has 1 nitrogen and oxygen atoms in total. The minimum atomic E-state index is -0.537. The van der Waals surface area contributed by atoms with Crippen LogP contribution in [0, 0.1) is 6.92 Å². The SMILES string of the molecule is [CH2]C(O)C1C=Cc2ccccc21. The number of aliphatic hydroxyl groups is 1. The van der Waals surface area contributed by atoms with Gasteiger partial charge in [-0.3, -0.25) is 0 Å². The second-order valence-electron chi connectivity index (χ2n) is 3.08. The van der Waals surface area contributed by atoms with Crippen molar-refractivity contribution < 1.29 is 5.11 Å². The van der Waals surface area contributed by atoms with E-state index in [0.717, 1.165) is 0 Å². The summed E-state index contributed by atoms with van der Waals surface area (Å²) in [6, 6.07) is 8.07. The van der Waals surface area contributed by atoms with Gasteiger partial charge in [-0.2, -0.15) is 0 Å². The summed E-state index contributed by atoms with van der Waals surface area (Å²) in [4.78, 5) is 0. The van der Waals surface area contributed by atoms with Gasteiger partial charge in [0, 0.05) is 5.92 Å². The van der Waals surface area contributed by atoms with Gasteiger partial charge in [-0.25, -0.2) is 0 Å². The lowest BCUT2D eigenvalue weighted by Crippen LogP contribution is -2.10. The molecule has 12 heavy (non-hydrogen) atoms. The molecule has 1 aliphatic carbocycles. The first-order valence-corrected chi connectivity index (χ1v) is 4.07. The zero-order chi connectivity index (χ0) is 8.55. The van der Waals surface area contributed by atoms with Gasteiger partial charge < -0.3 is 5.11 Å². The van der Waals surface area contributed by atoms with E-state index in [4.69, 9.17) is 0 Å². The molecule has 1 heteroatoms. The second-order valence-corrected chi connectivity index (χ2v) is 3.08. The Kier molecular flexibility index (Phi) is 1.74. The number of rotatable bonds is 1. The third kappa shape index (κ3) is 1.07. The van der Waals surface area contributed by atoms with Crippen LogP contribution in [0.5, 0.6) is 0 Å². The molecule has 1 radical (unpaired) electrons. The Morgan fingerprint density at radius 2 is 2.08 bits per heavy atom. The van der Waals surface area contributed by atoms with Crippen molar-refractivity contribution in [1.82, 2.24) is 0 Å². The highest BCUT2D eigenvalue weighted by atomic mass is 16.3. The lowest BCUT2D eigenvalue weighted by atomic mass is 9.96. The van der Waals surface area contributed by atoms with Gasteiger partial charge >= 0.3 is 0 Å². The number of hydrogen-bond acceptors (Lipinski definition) is 1. The normalized spacial score (nSPS) is 22.3. The van der Waals surface area contributed by atoms with Crippen molar-refractivity contribution in [2.45, 2.75) is 12.0 Å². The van der Waals surface area contributed by atoms with E-state index in [1.165, 1.54) is 11.1 Å². The summed E-state index contributed by atoms with van der Waals surface area (Å²) >= 11 is 0. The monoisotopic (exact) mass is 159 g/mol. The summed E-state index contributed by atoms with van der Waals surface area (Å²) in [5.41, 5.74) is 2.38. The van der Waals surface area contributed by atoms with Crippen molar-refractivity contribution in [3.63, 3.8) is 0 Å². The first-order valence-electron chi connectivity index (χ1n) is 4.07. The minimum Gasteiger partial charge on any atom is -0.392 e. The summed E-state index contributed by atoms with van der Waals surface area (Å²) in [5.74, 6) is 0.0844. The number of hydrogen-bond donors (Lipinski definition) is 1. The Balaban J connectivity index is 2.42. The van der Waals surface area contributed by atoms with Crippen molar-refractivity contribution in [1.29, 1.82) is 0 Å². The molecular weight excluding hydrogens is 148 g/mol. The molecule has 1 aromatic carbocycles. The molecule has 2 rings (SSSR count).